The molecule has 14 aromatic carbocycles. The maximum absolute atomic E-state index is 5.40. The van der Waals surface area contributed by atoms with E-state index in [4.69, 9.17) is 19.9 Å². The Morgan fingerprint density at radius 1 is 0.164 bits per heavy atom. The normalized spacial score (nSPS) is 13.2. The van der Waals surface area contributed by atoms with Crippen LogP contribution in [-0.4, -0.2) is 38.2 Å². The summed E-state index contributed by atoms with van der Waals surface area (Å²) in [6.45, 7) is 73.1. The van der Waals surface area contributed by atoms with E-state index in [2.05, 4.69) is 525 Å². The fraction of sp³-hybridized carbons (Fsp3) is 0.304. The van der Waals surface area contributed by atoms with E-state index in [1.54, 1.807) is 0 Å². The Labute approximate surface area is 864 Å². The summed E-state index contributed by atoms with van der Waals surface area (Å²) in [5, 5.41) is 19.5. The van der Waals surface area contributed by atoms with Crippen molar-refractivity contribution in [1.82, 2.24) is 38.2 Å². The number of fused-ring (bicyclic) bond motifs is 16. The number of rotatable bonds is 8. The Hall–Kier alpha value is -14.1. The molecule has 0 amide bonds. The summed E-state index contributed by atoms with van der Waals surface area (Å²) in [6, 6.07) is 103. The number of pyridine rings is 4. The maximum Gasteiger partial charge on any atom is 0.0714 e. The van der Waals surface area contributed by atoms with Crippen molar-refractivity contribution in [3.8, 4) is 67.5 Å². The molecule has 22 rings (SSSR count). The molecule has 0 saturated carbocycles. The van der Waals surface area contributed by atoms with Crippen molar-refractivity contribution in [1.29, 1.82) is 0 Å². The number of hydrogen-bond acceptors (Lipinski definition) is 4. The minimum Gasteiger partial charge on any atom is -0.309 e. The van der Waals surface area contributed by atoms with Gasteiger partial charge in [-0.3, -0.25) is 19.9 Å². The topological polar surface area (TPSA) is 71.3 Å². The van der Waals surface area contributed by atoms with Crippen LogP contribution in [-0.2, 0) is 54.1 Å². The molecule has 0 aliphatic carbocycles. The molecule has 736 valence electrons. The third kappa shape index (κ3) is 17.2. The lowest BCUT2D eigenvalue weighted by Crippen LogP contribution is -2.13. The number of aromatic nitrogens is 8. The minimum absolute atomic E-state index is 0.00201. The molecule has 0 aliphatic heterocycles. The van der Waals surface area contributed by atoms with Gasteiger partial charge in [0, 0.05) is 130 Å². The molecule has 8 nitrogen and oxygen atoms in total. The van der Waals surface area contributed by atoms with Gasteiger partial charge in [-0.25, -0.2) is 0 Å². The van der Waals surface area contributed by atoms with E-state index in [0.29, 0.717) is 0 Å². The zero-order valence-electron chi connectivity index (χ0n) is 92.3. The van der Waals surface area contributed by atoms with Gasteiger partial charge in [0.05, 0.1) is 55.5 Å². The summed E-state index contributed by atoms with van der Waals surface area (Å²) >= 11 is 0. The number of hydrogen-bond donors (Lipinski definition) is 0. The van der Waals surface area contributed by atoms with Crippen LogP contribution in [0.15, 0.2) is 292 Å². The van der Waals surface area contributed by atoms with Crippen LogP contribution in [0.1, 0.15) is 275 Å². The van der Waals surface area contributed by atoms with Crippen molar-refractivity contribution in [2.75, 3.05) is 0 Å². The monoisotopic (exact) mass is 1910 g/mol. The van der Waals surface area contributed by atoms with Crippen LogP contribution in [0.25, 0.3) is 198 Å². The Bertz CT molecular complexity index is 8260. The van der Waals surface area contributed by atoms with E-state index in [0.717, 1.165) is 116 Å². The molecule has 0 radical (unpaired) electrons. The molecular weight excluding hydrogens is 1770 g/mol. The first-order valence-electron chi connectivity index (χ1n) is 52.8. The molecule has 8 heterocycles. The second kappa shape index (κ2) is 34.3. The molecule has 0 unspecified atom stereocenters. The molecule has 0 N–H and O–H groups in total. The van der Waals surface area contributed by atoms with E-state index < -0.39 is 0 Å². The average molecular weight is 1910 g/mol. The van der Waals surface area contributed by atoms with E-state index in [9.17, 15) is 0 Å². The highest BCUT2D eigenvalue weighted by Crippen LogP contribution is 2.53. The zero-order chi connectivity index (χ0) is 104. The standard InChI is InChI=1S/C72H78N4.C66H66N4/c1-67(2,3)44-21-30-60-53(35-44)54-36-45(68(4,5)6)22-31-61(54)75(60)49-26-28-52-57(39-49)65(43-19-34-64(74-41-43)72(16,17)18)51-27-25-50(40-58(51)66(52)59-29-20-48(42-73-59)71(13,14)15)76-62-32-23-46(69(7,8)9)37-55(62)56-38-47(70(10,11)12)24-33-63(56)76;1-39-15-26-56(68-37-39)62-49-25-23-46(69-57-27-18-42(63(3,4)5)31-50(57)51-32-43(64(6,7)8)19-28-58(51)69)35-54(49)61(41-17-16-40(2)67-38-41)48-24-22-47(36-55(48)62)70-59-29-20-44(65(9,10)11)33-52(59)53-34-45(66(12,13)14)21-30-60(53)70/h19-42H,1-18H3;15-38H,1-14H3. The van der Waals surface area contributed by atoms with Crippen LogP contribution in [0, 0.1) is 13.8 Å². The predicted molar refractivity (Wildman–Crippen MR) is 630 cm³/mol. The van der Waals surface area contributed by atoms with Gasteiger partial charge in [0.15, 0.2) is 0 Å². The van der Waals surface area contributed by atoms with Gasteiger partial charge < -0.3 is 18.3 Å². The first kappa shape index (κ1) is 98.0. The number of benzene rings is 14. The van der Waals surface area contributed by atoms with Crippen molar-refractivity contribution in [2.45, 2.75) is 276 Å². The van der Waals surface area contributed by atoms with Crippen LogP contribution in [0.2, 0.25) is 0 Å². The first-order valence-corrected chi connectivity index (χ1v) is 52.8. The Morgan fingerprint density at radius 3 is 0.610 bits per heavy atom. The molecule has 8 aromatic heterocycles. The highest BCUT2D eigenvalue weighted by molar-refractivity contribution is 6.25. The second-order valence-corrected chi connectivity index (χ2v) is 52.4. The highest BCUT2D eigenvalue weighted by Gasteiger charge is 2.33. The quantitative estimate of drug-likeness (QED) is 0.142. The number of aryl methyl sites for hydroxylation is 2. The van der Waals surface area contributed by atoms with Crippen molar-refractivity contribution >= 4 is 130 Å². The van der Waals surface area contributed by atoms with Gasteiger partial charge in [0.1, 0.15) is 0 Å². The molecule has 0 atom stereocenters. The fourth-order valence-electron chi connectivity index (χ4n) is 22.3. The van der Waals surface area contributed by atoms with E-state index in [1.165, 1.54) is 148 Å². The molecule has 0 saturated heterocycles. The highest BCUT2D eigenvalue weighted by atomic mass is 15.0. The molecule has 0 fully saturated rings. The summed E-state index contributed by atoms with van der Waals surface area (Å²) in [6.07, 6.45) is 8.27. The van der Waals surface area contributed by atoms with Crippen LogP contribution < -0.4 is 0 Å². The first-order chi connectivity index (χ1) is 68.5. The lowest BCUT2D eigenvalue weighted by Gasteiger charge is -2.22. The third-order valence-corrected chi connectivity index (χ3v) is 31.3. The lowest BCUT2D eigenvalue weighted by molar-refractivity contribution is 0.569. The van der Waals surface area contributed by atoms with Gasteiger partial charge in [-0.1, -0.05) is 305 Å². The number of nitrogens with zero attached hydrogens (tertiary/aromatic N) is 8. The van der Waals surface area contributed by atoms with Gasteiger partial charge in [-0.05, 0) is 342 Å². The molecule has 0 bridgehead atoms. The molecule has 8 heteroatoms. The molecular formula is C138H144N8. The van der Waals surface area contributed by atoms with Crippen LogP contribution >= 0.6 is 0 Å². The molecule has 0 spiro atoms. The van der Waals surface area contributed by atoms with Gasteiger partial charge in [-0.2, -0.15) is 0 Å². The van der Waals surface area contributed by atoms with Crippen LogP contribution in [0.4, 0.5) is 0 Å². The third-order valence-electron chi connectivity index (χ3n) is 31.3. The van der Waals surface area contributed by atoms with Crippen LogP contribution in [0.5, 0.6) is 0 Å². The summed E-state index contributed by atoms with van der Waals surface area (Å²) in [5.41, 5.74) is 37.7. The smallest absolute Gasteiger partial charge is 0.0714 e. The van der Waals surface area contributed by atoms with Crippen LogP contribution in [0.3, 0.4) is 0 Å². The van der Waals surface area contributed by atoms with Crippen molar-refractivity contribution < 1.29 is 0 Å². The largest absolute Gasteiger partial charge is 0.309 e. The fourth-order valence-corrected chi connectivity index (χ4v) is 22.3. The molecule has 0 aliphatic rings. The van der Waals surface area contributed by atoms with Gasteiger partial charge in [-0.15, -0.1) is 0 Å². The van der Waals surface area contributed by atoms with Gasteiger partial charge in [0.2, 0.25) is 0 Å². The van der Waals surface area contributed by atoms with E-state index in [-0.39, 0.29) is 54.1 Å². The minimum atomic E-state index is -0.0979. The zero-order valence-corrected chi connectivity index (χ0v) is 92.3. The van der Waals surface area contributed by atoms with E-state index >= 15 is 0 Å². The van der Waals surface area contributed by atoms with Crippen molar-refractivity contribution in [3.05, 3.63) is 359 Å². The van der Waals surface area contributed by atoms with E-state index in [1.807, 2.05) is 6.20 Å². The summed E-state index contributed by atoms with van der Waals surface area (Å²) < 4.78 is 9.95. The van der Waals surface area contributed by atoms with Gasteiger partial charge in [0.25, 0.3) is 0 Å². The molecule has 22 aromatic rings. The molecule has 146 heavy (non-hydrogen) atoms. The van der Waals surface area contributed by atoms with Crippen molar-refractivity contribution in [3.63, 3.8) is 0 Å². The summed E-state index contributed by atoms with van der Waals surface area (Å²) in [4.78, 5) is 20.7. The Kier molecular flexibility index (Phi) is 23.0. The average Bonchev–Trinajstić information content (AvgIpc) is 1.33. The lowest BCUT2D eigenvalue weighted by atomic mass is 9.85. The maximum atomic E-state index is 5.40. The van der Waals surface area contributed by atoms with Crippen molar-refractivity contribution in [2.24, 2.45) is 0 Å². The SMILES string of the molecule is CC(C)(C)c1ccc(-c2c3ccc(-n4c5ccc(C(C)(C)C)cc5c5cc(C(C)(C)C)ccc54)cc3c(-c3ccc(C(C)(C)C)nc3)c3ccc(-n4c5ccc(C(C)(C)C)cc5c5cc(C(C)(C)C)ccc54)cc23)nc1.Cc1ccc(-c2c3ccc(-n4c5ccc(C(C)(C)C)cc5c5cc(C(C)(C)C)ccc54)cc3c(-c3ccc(C)nc3)c3ccc(-n4c5ccc(C(C)(C)C)cc5c5cc(C(C)(C)C)ccc54)cc23)nc1. The summed E-state index contributed by atoms with van der Waals surface area (Å²) in [5.74, 6) is 0. The van der Waals surface area contributed by atoms with Gasteiger partial charge >= 0.3 is 0 Å². The Balaban J connectivity index is 0.000000172. The Morgan fingerprint density at radius 2 is 0.397 bits per heavy atom. The second-order valence-electron chi connectivity index (χ2n) is 52.4. The summed E-state index contributed by atoms with van der Waals surface area (Å²) in [7, 11) is 0. The predicted octanol–water partition coefficient (Wildman–Crippen LogP) is 38.2.